The molecule has 0 amide bonds. The van der Waals surface area contributed by atoms with Gasteiger partial charge in [0.15, 0.2) is 17.3 Å². The zero-order valence-electron chi connectivity index (χ0n) is 19.9. The summed E-state index contributed by atoms with van der Waals surface area (Å²) in [5, 5.41) is 38.0. The van der Waals surface area contributed by atoms with Gasteiger partial charge in [0.25, 0.3) is 0 Å². The van der Waals surface area contributed by atoms with Gasteiger partial charge in [0.05, 0.1) is 24.9 Å². The second kappa shape index (κ2) is 10.4. The van der Waals surface area contributed by atoms with Crippen molar-refractivity contribution < 1.29 is 20.1 Å². The molecule has 5 aromatic rings. The summed E-state index contributed by atoms with van der Waals surface area (Å²) < 4.78 is 8.55. The zero-order valence-corrected chi connectivity index (χ0v) is 22.1. The average molecular weight is 625 g/mol. The van der Waals surface area contributed by atoms with Gasteiger partial charge in [-0.25, -0.2) is 15.0 Å². The Labute approximate surface area is 230 Å². The molecular weight excluding hydrogens is 601 g/mol. The van der Waals surface area contributed by atoms with E-state index < -0.39 is 31.0 Å². The maximum absolute atomic E-state index is 10.5. The van der Waals surface area contributed by atoms with Gasteiger partial charge in [-0.3, -0.25) is 4.68 Å². The van der Waals surface area contributed by atoms with Crippen LogP contribution in [0, 0.1) is 3.57 Å². The molecule has 12 heteroatoms. The standard InChI is InChI=1S/C26H24IN7O4/c27-16-7-4-8-17(9-16)29-24-19-25(33-26(30-19)22-21(37)20(36)18(13-35)38-22)32-23(31-24)15-10-28-34(12-15)11-14-5-2-1-3-6-14/h1-10,12,18,20-22,35-37H,11,13H2,(H2,29,30,31,32,33)/t18-,20-,21-,22+/m1/s1. The van der Waals surface area contributed by atoms with Crippen LogP contribution in [0.25, 0.3) is 22.6 Å². The lowest BCUT2D eigenvalue weighted by Crippen LogP contribution is -2.32. The summed E-state index contributed by atoms with van der Waals surface area (Å²) in [7, 11) is 0. The number of H-pyrrole nitrogens is 1. The number of aromatic amines is 1. The highest BCUT2D eigenvalue weighted by atomic mass is 127. The molecular formula is C26H24IN7O4. The van der Waals surface area contributed by atoms with E-state index in [1.165, 1.54) is 0 Å². The first-order chi connectivity index (χ1) is 18.5. The minimum atomic E-state index is -1.26. The fraction of sp³-hybridized carbons (Fsp3) is 0.231. The number of imidazole rings is 1. The highest BCUT2D eigenvalue weighted by molar-refractivity contribution is 14.1. The highest BCUT2D eigenvalue weighted by Gasteiger charge is 2.44. The molecule has 1 saturated heterocycles. The van der Waals surface area contributed by atoms with E-state index in [-0.39, 0.29) is 5.82 Å². The number of aliphatic hydroxyl groups is 3. The summed E-state index contributed by atoms with van der Waals surface area (Å²) >= 11 is 2.24. The monoisotopic (exact) mass is 625 g/mol. The maximum atomic E-state index is 10.5. The summed E-state index contributed by atoms with van der Waals surface area (Å²) in [6, 6.07) is 17.9. The van der Waals surface area contributed by atoms with Crippen LogP contribution in [0.5, 0.6) is 0 Å². The second-order valence-corrected chi connectivity index (χ2v) is 10.3. The molecule has 0 aliphatic carbocycles. The van der Waals surface area contributed by atoms with E-state index in [1.807, 2.05) is 65.5 Å². The van der Waals surface area contributed by atoms with E-state index in [0.29, 0.717) is 34.9 Å². The Balaban J connectivity index is 1.39. The molecule has 38 heavy (non-hydrogen) atoms. The minimum absolute atomic E-state index is 0.277. The van der Waals surface area contributed by atoms with Gasteiger partial charge in [0.1, 0.15) is 35.8 Å². The summed E-state index contributed by atoms with van der Waals surface area (Å²) in [6.07, 6.45) is -0.784. The number of nitrogens with zero attached hydrogens (tertiary/aromatic N) is 5. The molecule has 5 N–H and O–H groups in total. The molecule has 1 fully saturated rings. The van der Waals surface area contributed by atoms with Crippen molar-refractivity contribution in [2.24, 2.45) is 0 Å². The normalized spacial score (nSPS) is 21.3. The van der Waals surface area contributed by atoms with Gasteiger partial charge in [0.2, 0.25) is 0 Å². The Morgan fingerprint density at radius 3 is 2.63 bits per heavy atom. The van der Waals surface area contributed by atoms with E-state index >= 15 is 0 Å². The number of anilines is 2. The molecule has 2 aromatic carbocycles. The third kappa shape index (κ3) is 4.88. The third-order valence-corrected chi connectivity index (χ3v) is 7.02. The summed E-state index contributed by atoms with van der Waals surface area (Å²) in [6.45, 7) is 0.180. The zero-order chi connectivity index (χ0) is 26.2. The number of ether oxygens (including phenoxy) is 1. The fourth-order valence-electron chi connectivity index (χ4n) is 4.43. The SMILES string of the molecule is OC[C@H]1O[C@H](c2nc3nc(-c4cnn(Cc5ccccc5)c4)nc(Nc4cccc(I)c4)c3[nH]2)[C@H](O)[C@@H]1O. The molecule has 0 bridgehead atoms. The first kappa shape index (κ1) is 24.9. The Kier molecular flexibility index (Phi) is 6.80. The van der Waals surface area contributed by atoms with Crippen molar-refractivity contribution in [3.05, 3.63) is 81.9 Å². The summed E-state index contributed by atoms with van der Waals surface area (Å²) in [4.78, 5) is 17.2. The smallest absolute Gasteiger partial charge is 0.183 e. The van der Waals surface area contributed by atoms with Gasteiger partial charge in [-0.15, -0.1) is 0 Å². The van der Waals surface area contributed by atoms with E-state index in [9.17, 15) is 15.3 Å². The minimum Gasteiger partial charge on any atom is -0.394 e. The maximum Gasteiger partial charge on any atom is 0.183 e. The molecule has 0 unspecified atom stereocenters. The van der Waals surface area contributed by atoms with Gasteiger partial charge in [-0.1, -0.05) is 36.4 Å². The van der Waals surface area contributed by atoms with Crippen LogP contribution in [0.15, 0.2) is 67.0 Å². The van der Waals surface area contributed by atoms with Gasteiger partial charge >= 0.3 is 0 Å². The van der Waals surface area contributed by atoms with E-state index in [2.05, 4.69) is 48.0 Å². The van der Waals surface area contributed by atoms with Crippen molar-refractivity contribution in [1.29, 1.82) is 0 Å². The lowest BCUT2D eigenvalue weighted by molar-refractivity contribution is -0.0249. The first-order valence-electron chi connectivity index (χ1n) is 12.0. The van der Waals surface area contributed by atoms with Crippen LogP contribution in [0.2, 0.25) is 0 Å². The highest BCUT2D eigenvalue weighted by Crippen LogP contribution is 2.34. The Morgan fingerprint density at radius 1 is 1.03 bits per heavy atom. The van der Waals surface area contributed by atoms with E-state index in [1.54, 1.807) is 6.20 Å². The van der Waals surface area contributed by atoms with Gasteiger partial charge < -0.3 is 30.4 Å². The third-order valence-electron chi connectivity index (χ3n) is 6.35. The van der Waals surface area contributed by atoms with Crippen molar-refractivity contribution in [1.82, 2.24) is 29.7 Å². The van der Waals surface area contributed by atoms with Crippen LogP contribution >= 0.6 is 22.6 Å². The molecule has 4 atom stereocenters. The quantitative estimate of drug-likeness (QED) is 0.172. The molecule has 0 spiro atoms. The average Bonchev–Trinajstić information content (AvgIpc) is 3.63. The predicted octanol–water partition coefficient (Wildman–Crippen LogP) is 2.77. The number of hydrogen-bond acceptors (Lipinski definition) is 9. The van der Waals surface area contributed by atoms with Crippen molar-refractivity contribution in [3.63, 3.8) is 0 Å². The number of hydrogen-bond donors (Lipinski definition) is 5. The molecule has 1 aliphatic heterocycles. The number of halogens is 1. The number of nitrogens with one attached hydrogen (secondary N) is 2. The second-order valence-electron chi connectivity index (χ2n) is 9.02. The topological polar surface area (TPSA) is 154 Å². The number of benzene rings is 2. The van der Waals surface area contributed by atoms with Crippen LogP contribution < -0.4 is 5.32 Å². The predicted molar refractivity (Wildman–Crippen MR) is 148 cm³/mol. The Bertz CT molecular complexity index is 1570. The fourth-order valence-corrected chi connectivity index (χ4v) is 4.98. The Hall–Kier alpha value is -3.43. The summed E-state index contributed by atoms with van der Waals surface area (Å²) in [5.41, 5.74) is 3.52. The number of aromatic nitrogens is 6. The molecule has 6 rings (SSSR count). The molecule has 3 aromatic heterocycles. The van der Waals surface area contributed by atoms with Crippen molar-refractivity contribution in [2.75, 3.05) is 11.9 Å². The molecule has 0 saturated carbocycles. The lowest BCUT2D eigenvalue weighted by atomic mass is 10.1. The van der Waals surface area contributed by atoms with Crippen LogP contribution in [0.3, 0.4) is 0 Å². The van der Waals surface area contributed by atoms with Crippen molar-refractivity contribution in [3.8, 4) is 11.4 Å². The van der Waals surface area contributed by atoms with Crippen LogP contribution in [0.1, 0.15) is 17.5 Å². The van der Waals surface area contributed by atoms with Crippen molar-refractivity contribution >= 4 is 45.3 Å². The molecule has 1 aliphatic rings. The van der Waals surface area contributed by atoms with Gasteiger partial charge in [-0.05, 0) is 46.4 Å². The van der Waals surface area contributed by atoms with Gasteiger partial charge in [0, 0.05) is 15.5 Å². The first-order valence-corrected chi connectivity index (χ1v) is 13.1. The molecule has 194 valence electrons. The van der Waals surface area contributed by atoms with Crippen LogP contribution in [-0.4, -0.2) is 70.0 Å². The van der Waals surface area contributed by atoms with Crippen molar-refractivity contribution in [2.45, 2.75) is 31.0 Å². The van der Waals surface area contributed by atoms with Gasteiger partial charge in [-0.2, -0.15) is 5.10 Å². The number of aliphatic hydroxyl groups excluding tert-OH is 3. The van der Waals surface area contributed by atoms with E-state index in [0.717, 1.165) is 14.8 Å². The Morgan fingerprint density at radius 2 is 1.87 bits per heavy atom. The largest absolute Gasteiger partial charge is 0.394 e. The number of fused-ring (bicyclic) bond motifs is 1. The summed E-state index contributed by atoms with van der Waals surface area (Å²) in [5.74, 6) is 1.18. The van der Waals surface area contributed by atoms with Crippen LogP contribution in [0.4, 0.5) is 11.5 Å². The van der Waals surface area contributed by atoms with E-state index in [4.69, 9.17) is 9.72 Å². The molecule has 4 heterocycles. The molecule has 0 radical (unpaired) electrons. The number of rotatable bonds is 7. The lowest BCUT2D eigenvalue weighted by Gasteiger charge is -2.11. The van der Waals surface area contributed by atoms with Crippen LogP contribution in [-0.2, 0) is 11.3 Å². The molecule has 11 nitrogen and oxygen atoms in total.